The number of rotatable bonds is 8. The fourth-order valence-corrected chi connectivity index (χ4v) is 13.0. The van der Waals surface area contributed by atoms with Gasteiger partial charge in [0.2, 0.25) is 0 Å². The quantitative estimate of drug-likeness (QED) is 0.138. The summed E-state index contributed by atoms with van der Waals surface area (Å²) < 4.78 is 2.47. The van der Waals surface area contributed by atoms with Crippen molar-refractivity contribution < 1.29 is 0 Å². The molecule has 0 spiro atoms. The summed E-state index contributed by atoms with van der Waals surface area (Å²) >= 11 is 0. The molecule has 12 aromatic carbocycles. The van der Waals surface area contributed by atoms with Crippen molar-refractivity contribution in [1.29, 1.82) is 0 Å². The molecular formula is C84H82N2. The van der Waals surface area contributed by atoms with Crippen molar-refractivity contribution in [2.24, 2.45) is 0 Å². The van der Waals surface area contributed by atoms with Crippen molar-refractivity contribution in [3.63, 3.8) is 0 Å². The lowest BCUT2D eigenvalue weighted by atomic mass is 9.78. The van der Waals surface area contributed by atoms with Crippen LogP contribution in [-0.4, -0.2) is 4.57 Å². The Kier molecular flexibility index (Phi) is 13.4. The Morgan fingerprint density at radius 3 is 1.02 bits per heavy atom. The number of anilines is 3. The topological polar surface area (TPSA) is 8.17 Å². The molecule has 0 fully saturated rings. The first-order chi connectivity index (χ1) is 40.8. The molecule has 0 N–H and O–H groups in total. The maximum absolute atomic E-state index is 2.49. The summed E-state index contributed by atoms with van der Waals surface area (Å²) in [7, 11) is 0. The van der Waals surface area contributed by atoms with E-state index >= 15 is 0 Å². The molecule has 0 aliphatic carbocycles. The zero-order valence-corrected chi connectivity index (χ0v) is 53.3. The second-order valence-corrected chi connectivity index (χ2v) is 29.6. The average Bonchev–Trinajstić information content (AvgIpc) is 1.21. The SMILES string of the molecule is CC(C)(C)c1ccc(-c2cc(-c3ccc(N(c4ccc(-c5cc(-c6cc(C(C)(C)C)cc(C(C)(C)C)c6)cc(C(C)(C)C)c5)cc4)c4ccc5ccc6c(-n7c8ccccc8c8ccccc87)ccc7ccc4c5c76)cc3)cc(C(C)(C)C)c2)cc1. The minimum atomic E-state index is -0.0608. The van der Waals surface area contributed by atoms with Crippen LogP contribution in [0.25, 0.3) is 104 Å². The minimum Gasteiger partial charge on any atom is -0.310 e. The summed E-state index contributed by atoms with van der Waals surface area (Å²) in [4.78, 5) is 2.49. The molecule has 0 saturated heterocycles. The zero-order valence-electron chi connectivity index (χ0n) is 53.3. The highest BCUT2D eigenvalue weighted by molar-refractivity contribution is 6.27. The monoisotopic (exact) mass is 1120 g/mol. The second-order valence-electron chi connectivity index (χ2n) is 29.6. The number of nitrogens with zero attached hydrogens (tertiary/aromatic N) is 2. The molecule has 2 nitrogen and oxygen atoms in total. The van der Waals surface area contributed by atoms with Gasteiger partial charge in [-0.3, -0.25) is 0 Å². The molecule has 2 heteroatoms. The summed E-state index contributed by atoms with van der Waals surface area (Å²) in [6, 6.07) is 86.0. The number of hydrogen-bond acceptors (Lipinski definition) is 1. The van der Waals surface area contributed by atoms with Crippen molar-refractivity contribution in [3.05, 3.63) is 252 Å². The van der Waals surface area contributed by atoms with Crippen LogP contribution in [0, 0.1) is 0 Å². The van der Waals surface area contributed by atoms with Gasteiger partial charge in [-0.25, -0.2) is 0 Å². The molecule has 13 aromatic rings. The van der Waals surface area contributed by atoms with E-state index in [1.54, 1.807) is 0 Å². The predicted molar refractivity (Wildman–Crippen MR) is 374 cm³/mol. The highest BCUT2D eigenvalue weighted by Gasteiger charge is 2.26. The van der Waals surface area contributed by atoms with Gasteiger partial charge in [0.05, 0.1) is 22.4 Å². The Morgan fingerprint density at radius 2 is 0.593 bits per heavy atom. The lowest BCUT2D eigenvalue weighted by Crippen LogP contribution is -2.16. The van der Waals surface area contributed by atoms with E-state index in [2.05, 4.69) is 338 Å². The van der Waals surface area contributed by atoms with Crippen LogP contribution in [0.1, 0.15) is 132 Å². The van der Waals surface area contributed by atoms with E-state index in [0.717, 1.165) is 17.1 Å². The fourth-order valence-electron chi connectivity index (χ4n) is 13.0. The van der Waals surface area contributed by atoms with Crippen molar-refractivity contribution in [2.75, 3.05) is 4.90 Å². The van der Waals surface area contributed by atoms with Crippen LogP contribution in [0.15, 0.2) is 224 Å². The van der Waals surface area contributed by atoms with Crippen LogP contribution in [0.3, 0.4) is 0 Å². The Hall–Kier alpha value is -8.72. The van der Waals surface area contributed by atoms with Gasteiger partial charge >= 0.3 is 0 Å². The molecule has 0 unspecified atom stereocenters. The third-order valence-electron chi connectivity index (χ3n) is 18.3. The van der Waals surface area contributed by atoms with Gasteiger partial charge in [-0.15, -0.1) is 0 Å². The van der Waals surface area contributed by atoms with Crippen LogP contribution >= 0.6 is 0 Å². The van der Waals surface area contributed by atoms with E-state index in [1.807, 2.05) is 0 Å². The van der Waals surface area contributed by atoms with Crippen molar-refractivity contribution >= 4 is 71.2 Å². The number of hydrogen-bond donors (Lipinski definition) is 0. The normalized spacial score (nSPS) is 12.8. The Morgan fingerprint density at radius 1 is 0.256 bits per heavy atom. The first-order valence-corrected chi connectivity index (χ1v) is 31.0. The third-order valence-corrected chi connectivity index (χ3v) is 18.3. The fraction of sp³-hybridized carbons (Fsp3) is 0.238. The highest BCUT2D eigenvalue weighted by Crippen LogP contribution is 2.48. The standard InChI is InChI=1S/C84H82N2/c1-80(2,3)63-34-24-53(25-35-63)58-44-59(47-64(46-58)81(4,5)6)54-26-36-68(37-27-54)85(69-38-28-55(29-39-69)60-45-61(49-65(48-60)82(7,8)9)62-50-66(83(10,11)12)52-67(51-62)84(13,14)15)76-42-32-56-31-41-73-77(43-33-57-30-40-72(76)78(56)79(57)73)86-74-22-18-16-20-70(74)71-21-17-19-23-75(71)86/h16-52H,1-15H3. The molecule has 1 heterocycles. The molecule has 86 heavy (non-hydrogen) atoms. The number of fused-ring (bicyclic) bond motifs is 3. The van der Waals surface area contributed by atoms with E-state index in [-0.39, 0.29) is 27.1 Å². The van der Waals surface area contributed by atoms with E-state index in [4.69, 9.17) is 0 Å². The first-order valence-electron chi connectivity index (χ1n) is 31.0. The van der Waals surface area contributed by atoms with E-state index in [9.17, 15) is 0 Å². The maximum Gasteiger partial charge on any atom is 0.0541 e. The van der Waals surface area contributed by atoms with Gasteiger partial charge < -0.3 is 9.47 Å². The Labute approximate surface area is 511 Å². The van der Waals surface area contributed by atoms with Gasteiger partial charge in [-0.2, -0.15) is 0 Å². The van der Waals surface area contributed by atoms with Crippen LogP contribution in [0.4, 0.5) is 17.1 Å². The molecule has 0 radical (unpaired) electrons. The van der Waals surface area contributed by atoms with Gasteiger partial charge in [0, 0.05) is 32.9 Å². The number of benzene rings is 12. The van der Waals surface area contributed by atoms with E-state index in [0.29, 0.717) is 0 Å². The van der Waals surface area contributed by atoms with Crippen LogP contribution in [-0.2, 0) is 27.1 Å². The first kappa shape index (κ1) is 56.4. The lowest BCUT2D eigenvalue weighted by Gasteiger charge is -2.28. The molecule has 0 bridgehead atoms. The van der Waals surface area contributed by atoms with Crippen molar-refractivity contribution in [2.45, 2.75) is 131 Å². The van der Waals surface area contributed by atoms with Crippen LogP contribution in [0.5, 0.6) is 0 Å². The van der Waals surface area contributed by atoms with Crippen molar-refractivity contribution in [3.8, 4) is 50.2 Å². The van der Waals surface area contributed by atoms with Gasteiger partial charge in [-0.1, -0.05) is 268 Å². The summed E-state index contributed by atoms with van der Waals surface area (Å²) in [5.41, 5.74) is 23.5. The molecule has 0 amide bonds. The molecule has 0 atom stereocenters. The molecule has 0 aliphatic rings. The number of para-hydroxylation sites is 2. The molecule has 0 aliphatic heterocycles. The largest absolute Gasteiger partial charge is 0.310 e. The van der Waals surface area contributed by atoms with Gasteiger partial charge in [0.15, 0.2) is 0 Å². The zero-order chi connectivity index (χ0) is 60.4. The summed E-state index contributed by atoms with van der Waals surface area (Å²) in [5, 5.41) is 10.00. The lowest BCUT2D eigenvalue weighted by molar-refractivity contribution is 0.569. The van der Waals surface area contributed by atoms with E-state index in [1.165, 1.54) is 132 Å². The second kappa shape index (κ2) is 20.5. The number of aromatic nitrogens is 1. The van der Waals surface area contributed by atoms with Crippen LogP contribution < -0.4 is 4.90 Å². The minimum absolute atomic E-state index is 0.00779. The molecule has 1 aromatic heterocycles. The Balaban J connectivity index is 0.978. The molecule has 0 saturated carbocycles. The van der Waals surface area contributed by atoms with Gasteiger partial charge in [0.1, 0.15) is 0 Å². The molecular weight excluding hydrogens is 1040 g/mol. The van der Waals surface area contributed by atoms with Gasteiger partial charge in [0.25, 0.3) is 0 Å². The summed E-state index contributed by atoms with van der Waals surface area (Å²) in [5.74, 6) is 0. The van der Waals surface area contributed by atoms with Gasteiger partial charge in [-0.05, 0) is 182 Å². The average molecular weight is 1120 g/mol. The summed E-state index contributed by atoms with van der Waals surface area (Å²) in [6.45, 7) is 34.8. The van der Waals surface area contributed by atoms with Crippen molar-refractivity contribution in [1.82, 2.24) is 4.57 Å². The maximum atomic E-state index is 2.49. The molecule has 13 rings (SSSR count). The predicted octanol–water partition coefficient (Wildman–Crippen LogP) is 24.3. The van der Waals surface area contributed by atoms with E-state index < -0.39 is 0 Å². The van der Waals surface area contributed by atoms with Crippen LogP contribution in [0.2, 0.25) is 0 Å². The third kappa shape index (κ3) is 10.3. The molecule has 428 valence electrons. The summed E-state index contributed by atoms with van der Waals surface area (Å²) in [6.07, 6.45) is 0. The Bertz CT molecular complexity index is 4640. The highest BCUT2D eigenvalue weighted by atomic mass is 15.1. The smallest absolute Gasteiger partial charge is 0.0541 e.